The second-order valence-corrected chi connectivity index (χ2v) is 5.77. The summed E-state index contributed by atoms with van der Waals surface area (Å²) in [5.74, 6) is -0.216. The molecule has 0 aliphatic rings. The van der Waals surface area contributed by atoms with Crippen molar-refractivity contribution in [2.24, 2.45) is 5.73 Å². The summed E-state index contributed by atoms with van der Waals surface area (Å²) >= 11 is 3.20. The molecule has 0 radical (unpaired) electrons. The van der Waals surface area contributed by atoms with E-state index in [-0.39, 0.29) is 11.9 Å². The van der Waals surface area contributed by atoms with Gasteiger partial charge in [0, 0.05) is 6.04 Å². The van der Waals surface area contributed by atoms with Crippen molar-refractivity contribution in [3.63, 3.8) is 0 Å². The van der Waals surface area contributed by atoms with E-state index in [4.69, 9.17) is 5.73 Å². The van der Waals surface area contributed by atoms with Gasteiger partial charge in [0.15, 0.2) is 0 Å². The Labute approximate surface area is 118 Å². The molecule has 1 unspecified atom stereocenters. The van der Waals surface area contributed by atoms with Crippen molar-refractivity contribution in [3.8, 4) is 0 Å². The fourth-order valence-electron chi connectivity index (χ4n) is 2.08. The molecule has 3 heteroatoms. The van der Waals surface area contributed by atoms with Crippen LogP contribution in [0.3, 0.4) is 0 Å². The van der Waals surface area contributed by atoms with Gasteiger partial charge in [-0.25, -0.2) is 4.39 Å². The fraction of sp³-hybridized carbons (Fsp3) is 0.600. The predicted octanol–water partition coefficient (Wildman–Crippen LogP) is 4.82. The Morgan fingerprint density at radius 1 is 1.22 bits per heavy atom. The molecule has 1 rings (SSSR count). The first kappa shape index (κ1) is 15.6. The number of hydrogen-bond acceptors (Lipinski definition) is 1. The molecule has 0 saturated heterocycles. The van der Waals surface area contributed by atoms with Crippen LogP contribution in [0.15, 0.2) is 22.7 Å². The summed E-state index contributed by atoms with van der Waals surface area (Å²) in [5.41, 5.74) is 7.20. The lowest BCUT2D eigenvalue weighted by atomic mass is 10.0. The lowest BCUT2D eigenvalue weighted by Gasteiger charge is -2.12. The number of nitrogens with two attached hydrogens (primary N) is 1. The molecular formula is C15H23BrFN. The van der Waals surface area contributed by atoms with E-state index in [0.717, 1.165) is 18.4 Å². The van der Waals surface area contributed by atoms with E-state index in [1.54, 1.807) is 0 Å². The first-order chi connectivity index (χ1) is 8.63. The van der Waals surface area contributed by atoms with Crippen LogP contribution in [0.5, 0.6) is 0 Å². The third-order valence-corrected chi connectivity index (χ3v) is 3.77. The van der Waals surface area contributed by atoms with Crippen molar-refractivity contribution in [2.45, 2.75) is 57.9 Å². The third-order valence-electron chi connectivity index (χ3n) is 3.16. The van der Waals surface area contributed by atoms with Gasteiger partial charge in [-0.05, 0) is 46.5 Å². The van der Waals surface area contributed by atoms with Crippen molar-refractivity contribution in [3.05, 3.63) is 34.1 Å². The minimum atomic E-state index is -0.216. The second-order valence-electron chi connectivity index (χ2n) is 4.92. The van der Waals surface area contributed by atoms with E-state index in [2.05, 4.69) is 22.9 Å². The lowest BCUT2D eigenvalue weighted by molar-refractivity contribution is 0.537. The molecule has 0 amide bonds. The summed E-state index contributed by atoms with van der Waals surface area (Å²) in [6, 6.07) is 5.32. The standard InChI is InChI=1S/C15H23BrFN/c1-2-3-4-5-6-7-13(18)10-12-8-9-15(17)14(16)11-12/h8-9,11,13H,2-7,10,18H2,1H3. The van der Waals surface area contributed by atoms with Crippen LogP contribution in [0.1, 0.15) is 51.0 Å². The summed E-state index contributed by atoms with van der Waals surface area (Å²) in [6.07, 6.45) is 8.25. The van der Waals surface area contributed by atoms with Crippen molar-refractivity contribution < 1.29 is 4.39 Å². The number of unbranched alkanes of at least 4 members (excludes halogenated alkanes) is 4. The van der Waals surface area contributed by atoms with Gasteiger partial charge in [0.1, 0.15) is 5.82 Å². The molecule has 0 aliphatic carbocycles. The molecule has 2 N–H and O–H groups in total. The van der Waals surface area contributed by atoms with Gasteiger partial charge in [0.05, 0.1) is 4.47 Å². The Kier molecular flexibility index (Phi) is 7.52. The molecule has 1 aromatic carbocycles. The second kappa shape index (κ2) is 8.65. The van der Waals surface area contributed by atoms with Crippen LogP contribution in [0.25, 0.3) is 0 Å². The van der Waals surface area contributed by atoms with Crippen molar-refractivity contribution >= 4 is 15.9 Å². The third kappa shape index (κ3) is 5.96. The van der Waals surface area contributed by atoms with Crippen LogP contribution in [-0.4, -0.2) is 6.04 Å². The molecule has 0 bridgehead atoms. The largest absolute Gasteiger partial charge is 0.327 e. The predicted molar refractivity (Wildman–Crippen MR) is 79.2 cm³/mol. The molecule has 102 valence electrons. The fourth-order valence-corrected chi connectivity index (χ4v) is 2.51. The van der Waals surface area contributed by atoms with Crippen molar-refractivity contribution in [2.75, 3.05) is 0 Å². The Hall–Kier alpha value is -0.410. The summed E-state index contributed by atoms with van der Waals surface area (Å²) in [6.45, 7) is 2.22. The highest BCUT2D eigenvalue weighted by Gasteiger charge is 2.06. The molecule has 18 heavy (non-hydrogen) atoms. The van der Waals surface area contributed by atoms with E-state index in [9.17, 15) is 4.39 Å². The highest BCUT2D eigenvalue weighted by atomic mass is 79.9. The number of halogens is 2. The average molecular weight is 316 g/mol. The van der Waals surface area contributed by atoms with Gasteiger partial charge >= 0.3 is 0 Å². The van der Waals surface area contributed by atoms with E-state index in [1.165, 1.54) is 38.2 Å². The van der Waals surface area contributed by atoms with Crippen LogP contribution in [0.2, 0.25) is 0 Å². The molecule has 1 atom stereocenters. The maximum absolute atomic E-state index is 13.1. The van der Waals surface area contributed by atoms with Crippen LogP contribution in [-0.2, 0) is 6.42 Å². The van der Waals surface area contributed by atoms with Crippen LogP contribution >= 0.6 is 15.9 Å². The van der Waals surface area contributed by atoms with Gasteiger partial charge in [0.2, 0.25) is 0 Å². The van der Waals surface area contributed by atoms with Gasteiger partial charge < -0.3 is 5.73 Å². The van der Waals surface area contributed by atoms with Crippen molar-refractivity contribution in [1.82, 2.24) is 0 Å². The summed E-state index contributed by atoms with van der Waals surface area (Å²) in [7, 11) is 0. The Morgan fingerprint density at radius 3 is 2.61 bits per heavy atom. The molecule has 0 aromatic heterocycles. The highest BCUT2D eigenvalue weighted by molar-refractivity contribution is 9.10. The van der Waals surface area contributed by atoms with Gasteiger partial charge in [-0.3, -0.25) is 0 Å². The number of benzene rings is 1. The Balaban J connectivity index is 2.26. The molecule has 1 nitrogen and oxygen atoms in total. The molecule has 1 aromatic rings. The molecule has 0 spiro atoms. The highest BCUT2D eigenvalue weighted by Crippen LogP contribution is 2.18. The molecule has 0 saturated carbocycles. The first-order valence-electron chi connectivity index (χ1n) is 6.83. The van der Waals surface area contributed by atoms with Crippen LogP contribution in [0.4, 0.5) is 4.39 Å². The Morgan fingerprint density at radius 2 is 1.94 bits per heavy atom. The minimum Gasteiger partial charge on any atom is -0.327 e. The molecular weight excluding hydrogens is 293 g/mol. The zero-order valence-corrected chi connectivity index (χ0v) is 12.7. The number of hydrogen-bond donors (Lipinski definition) is 1. The van der Waals surface area contributed by atoms with E-state index in [0.29, 0.717) is 4.47 Å². The molecule has 0 aliphatic heterocycles. The zero-order valence-electron chi connectivity index (χ0n) is 11.1. The summed E-state index contributed by atoms with van der Waals surface area (Å²) < 4.78 is 13.6. The summed E-state index contributed by atoms with van der Waals surface area (Å²) in [5, 5.41) is 0. The van der Waals surface area contributed by atoms with Gasteiger partial charge in [-0.2, -0.15) is 0 Å². The van der Waals surface area contributed by atoms with E-state index >= 15 is 0 Å². The van der Waals surface area contributed by atoms with Gasteiger partial charge in [-0.15, -0.1) is 0 Å². The van der Waals surface area contributed by atoms with Crippen LogP contribution < -0.4 is 5.73 Å². The minimum absolute atomic E-state index is 0.184. The SMILES string of the molecule is CCCCCCCC(N)Cc1ccc(F)c(Br)c1. The van der Waals surface area contributed by atoms with Crippen LogP contribution in [0, 0.1) is 5.82 Å². The van der Waals surface area contributed by atoms with Gasteiger partial charge in [-0.1, -0.05) is 45.1 Å². The average Bonchev–Trinajstić information content (AvgIpc) is 2.34. The number of rotatable bonds is 8. The Bertz CT molecular complexity index is 354. The maximum Gasteiger partial charge on any atom is 0.137 e. The van der Waals surface area contributed by atoms with Crippen molar-refractivity contribution in [1.29, 1.82) is 0 Å². The normalized spacial score (nSPS) is 12.7. The first-order valence-corrected chi connectivity index (χ1v) is 7.62. The lowest BCUT2D eigenvalue weighted by Crippen LogP contribution is -2.22. The smallest absolute Gasteiger partial charge is 0.137 e. The molecule has 0 fully saturated rings. The quantitative estimate of drug-likeness (QED) is 0.684. The summed E-state index contributed by atoms with van der Waals surface area (Å²) in [4.78, 5) is 0. The monoisotopic (exact) mass is 315 g/mol. The zero-order chi connectivity index (χ0) is 13.4. The molecule has 0 heterocycles. The topological polar surface area (TPSA) is 26.0 Å². The van der Waals surface area contributed by atoms with E-state index < -0.39 is 0 Å². The van der Waals surface area contributed by atoms with Gasteiger partial charge in [0.25, 0.3) is 0 Å². The van der Waals surface area contributed by atoms with E-state index in [1.807, 2.05) is 12.1 Å². The maximum atomic E-state index is 13.1.